The predicted octanol–water partition coefficient (Wildman–Crippen LogP) is 0.418. The largest absolute Gasteiger partial charge is 0.363 e. The van der Waals surface area contributed by atoms with Crippen molar-refractivity contribution in [2.45, 2.75) is 25.5 Å². The molecule has 0 radical (unpaired) electrons. The zero-order valence-corrected chi connectivity index (χ0v) is 7.59. The molecule has 0 unspecified atom stereocenters. The van der Waals surface area contributed by atoms with Gasteiger partial charge in [-0.2, -0.15) is 0 Å². The Labute approximate surface area is 74.1 Å². The van der Waals surface area contributed by atoms with Gasteiger partial charge >= 0.3 is 0 Å². The molecule has 0 aromatic carbocycles. The second kappa shape index (κ2) is 4.21. The van der Waals surface area contributed by atoms with Crippen LogP contribution in [0.2, 0.25) is 0 Å². The first-order chi connectivity index (χ1) is 5.97. The van der Waals surface area contributed by atoms with Crippen molar-refractivity contribution in [1.82, 2.24) is 10.2 Å². The van der Waals surface area contributed by atoms with Crippen LogP contribution in [0.25, 0.3) is 0 Å². The topological polar surface area (TPSA) is 24.5 Å². The maximum atomic E-state index is 5.72. The lowest BCUT2D eigenvalue weighted by Gasteiger charge is -2.36. The lowest BCUT2D eigenvalue weighted by molar-refractivity contribution is -0.0891. The van der Waals surface area contributed by atoms with Gasteiger partial charge in [-0.15, -0.1) is 0 Å². The highest BCUT2D eigenvalue weighted by molar-refractivity contribution is 4.72. The first-order valence-corrected chi connectivity index (χ1v) is 5.03. The van der Waals surface area contributed by atoms with Crippen molar-refractivity contribution in [3.05, 3.63) is 0 Å². The van der Waals surface area contributed by atoms with Gasteiger partial charge in [-0.3, -0.25) is 4.90 Å². The van der Waals surface area contributed by atoms with Crippen LogP contribution in [0.3, 0.4) is 0 Å². The van der Waals surface area contributed by atoms with Crippen LogP contribution >= 0.6 is 0 Å². The molecule has 0 spiro atoms. The molecule has 0 amide bonds. The molecule has 2 fully saturated rings. The molecule has 0 aromatic heterocycles. The van der Waals surface area contributed by atoms with Crippen molar-refractivity contribution in [3.63, 3.8) is 0 Å². The normalized spacial score (nSPS) is 33.5. The Balaban J connectivity index is 1.80. The fourth-order valence-corrected chi connectivity index (χ4v) is 1.98. The third-order valence-corrected chi connectivity index (χ3v) is 2.71. The predicted molar refractivity (Wildman–Crippen MR) is 48.0 cm³/mol. The van der Waals surface area contributed by atoms with Crippen molar-refractivity contribution in [1.29, 1.82) is 0 Å². The molecule has 12 heavy (non-hydrogen) atoms. The molecule has 3 nitrogen and oxygen atoms in total. The number of hydrogen-bond acceptors (Lipinski definition) is 3. The average molecular weight is 170 g/mol. The summed E-state index contributed by atoms with van der Waals surface area (Å²) in [5, 5.41) is 3.36. The van der Waals surface area contributed by atoms with Crippen molar-refractivity contribution in [3.8, 4) is 0 Å². The van der Waals surface area contributed by atoms with Crippen molar-refractivity contribution < 1.29 is 4.74 Å². The van der Waals surface area contributed by atoms with E-state index in [0.717, 1.165) is 32.8 Å². The van der Waals surface area contributed by atoms with Crippen LogP contribution in [-0.4, -0.2) is 43.9 Å². The highest BCUT2D eigenvalue weighted by atomic mass is 16.5. The number of nitrogens with one attached hydrogen (secondary N) is 1. The molecule has 70 valence electrons. The van der Waals surface area contributed by atoms with Gasteiger partial charge in [0, 0.05) is 32.8 Å². The van der Waals surface area contributed by atoms with Crippen LogP contribution in [0.5, 0.6) is 0 Å². The molecule has 0 aliphatic carbocycles. The van der Waals surface area contributed by atoms with Crippen LogP contribution in [-0.2, 0) is 4.74 Å². The van der Waals surface area contributed by atoms with E-state index in [2.05, 4.69) is 10.2 Å². The Kier molecular flexibility index (Phi) is 2.98. The molecular weight excluding hydrogens is 152 g/mol. The minimum Gasteiger partial charge on any atom is -0.363 e. The molecule has 2 aliphatic heterocycles. The van der Waals surface area contributed by atoms with E-state index in [0.29, 0.717) is 6.23 Å². The van der Waals surface area contributed by atoms with E-state index < -0.39 is 0 Å². The van der Waals surface area contributed by atoms with E-state index >= 15 is 0 Å². The molecule has 1 atom stereocenters. The van der Waals surface area contributed by atoms with Gasteiger partial charge in [0.05, 0.1) is 0 Å². The third-order valence-electron chi connectivity index (χ3n) is 2.71. The van der Waals surface area contributed by atoms with Crippen LogP contribution in [0.15, 0.2) is 0 Å². The summed E-state index contributed by atoms with van der Waals surface area (Å²) in [4.78, 5) is 2.47. The molecule has 0 bridgehead atoms. The molecule has 0 aromatic rings. The quantitative estimate of drug-likeness (QED) is 0.617. The van der Waals surface area contributed by atoms with Gasteiger partial charge in [-0.1, -0.05) is 0 Å². The number of ether oxygens (including phenoxy) is 1. The zero-order chi connectivity index (χ0) is 8.23. The summed E-state index contributed by atoms with van der Waals surface area (Å²) in [5.74, 6) is 0. The summed E-state index contributed by atoms with van der Waals surface area (Å²) in [6, 6.07) is 0. The summed E-state index contributed by atoms with van der Waals surface area (Å²) in [6.07, 6.45) is 4.26. The Morgan fingerprint density at radius 2 is 2.00 bits per heavy atom. The molecule has 2 aliphatic rings. The van der Waals surface area contributed by atoms with Crippen molar-refractivity contribution in [2.24, 2.45) is 0 Å². The summed E-state index contributed by atoms with van der Waals surface area (Å²) in [6.45, 7) is 5.53. The van der Waals surface area contributed by atoms with Gasteiger partial charge < -0.3 is 10.1 Å². The highest BCUT2D eigenvalue weighted by Crippen LogP contribution is 2.16. The zero-order valence-electron chi connectivity index (χ0n) is 7.59. The van der Waals surface area contributed by atoms with Gasteiger partial charge in [0.1, 0.15) is 6.23 Å². The lowest BCUT2D eigenvalue weighted by Crippen LogP contribution is -2.50. The second-order valence-electron chi connectivity index (χ2n) is 3.61. The lowest BCUT2D eigenvalue weighted by atomic mass is 10.1. The van der Waals surface area contributed by atoms with Gasteiger partial charge in [-0.05, 0) is 19.3 Å². The second-order valence-corrected chi connectivity index (χ2v) is 3.61. The molecular formula is C9H18N2O. The van der Waals surface area contributed by atoms with E-state index in [-0.39, 0.29) is 0 Å². The molecule has 2 saturated heterocycles. The minimum atomic E-state index is 0.431. The van der Waals surface area contributed by atoms with Crippen LogP contribution in [0, 0.1) is 0 Å². The van der Waals surface area contributed by atoms with Gasteiger partial charge in [0.25, 0.3) is 0 Å². The molecule has 2 heterocycles. The fourth-order valence-electron chi connectivity index (χ4n) is 1.98. The monoisotopic (exact) mass is 170 g/mol. The molecule has 0 saturated carbocycles. The van der Waals surface area contributed by atoms with Crippen LogP contribution in [0.1, 0.15) is 19.3 Å². The van der Waals surface area contributed by atoms with Gasteiger partial charge in [0.15, 0.2) is 0 Å². The van der Waals surface area contributed by atoms with Crippen molar-refractivity contribution >= 4 is 0 Å². The van der Waals surface area contributed by atoms with E-state index in [9.17, 15) is 0 Å². The number of hydrogen-bond donors (Lipinski definition) is 1. The molecule has 1 N–H and O–H groups in total. The smallest absolute Gasteiger partial charge is 0.110 e. The Hall–Kier alpha value is -0.120. The summed E-state index contributed by atoms with van der Waals surface area (Å²) in [7, 11) is 0. The van der Waals surface area contributed by atoms with Crippen molar-refractivity contribution in [2.75, 3.05) is 32.8 Å². The maximum Gasteiger partial charge on any atom is 0.110 e. The molecule has 3 heteroatoms. The summed E-state index contributed by atoms with van der Waals surface area (Å²) in [5.41, 5.74) is 0. The summed E-state index contributed by atoms with van der Waals surface area (Å²) < 4.78 is 5.72. The fraction of sp³-hybridized carbons (Fsp3) is 1.00. The van der Waals surface area contributed by atoms with E-state index in [1.807, 2.05) is 0 Å². The Morgan fingerprint density at radius 3 is 2.67 bits per heavy atom. The van der Waals surface area contributed by atoms with E-state index in [4.69, 9.17) is 4.74 Å². The van der Waals surface area contributed by atoms with Crippen LogP contribution < -0.4 is 5.32 Å². The average Bonchev–Trinajstić information content (AvgIpc) is 2.21. The molecule has 2 rings (SSSR count). The maximum absolute atomic E-state index is 5.72. The standard InChI is InChI=1S/C9H18N2O/c1-2-8-12-9(3-1)11-6-4-10-5-7-11/h9-10H,1-8H2/t9-/m1/s1. The number of piperazine rings is 1. The van der Waals surface area contributed by atoms with E-state index in [1.165, 1.54) is 19.3 Å². The summed E-state index contributed by atoms with van der Waals surface area (Å²) >= 11 is 0. The first-order valence-electron chi connectivity index (χ1n) is 5.03. The SMILES string of the molecule is C1CC[C@H](N2CCNCC2)OC1. The Bertz CT molecular complexity index is 112. The van der Waals surface area contributed by atoms with Crippen LogP contribution in [0.4, 0.5) is 0 Å². The third kappa shape index (κ3) is 1.97. The first kappa shape index (κ1) is 8.48. The van der Waals surface area contributed by atoms with E-state index in [1.54, 1.807) is 0 Å². The minimum absolute atomic E-state index is 0.431. The van der Waals surface area contributed by atoms with Gasteiger partial charge in [-0.25, -0.2) is 0 Å². The highest BCUT2D eigenvalue weighted by Gasteiger charge is 2.22. The van der Waals surface area contributed by atoms with Gasteiger partial charge in [0.2, 0.25) is 0 Å². The number of nitrogens with zero attached hydrogens (tertiary/aromatic N) is 1. The number of rotatable bonds is 1. The Morgan fingerprint density at radius 1 is 1.17 bits per heavy atom.